The SMILES string of the molecule is COc1cc(/C=N/n2c(SC)nnc(C)c2=O)cc(OC)c1OC. The summed E-state index contributed by atoms with van der Waals surface area (Å²) in [6, 6.07) is 3.46. The summed E-state index contributed by atoms with van der Waals surface area (Å²) >= 11 is 1.28. The molecule has 8 nitrogen and oxygen atoms in total. The number of thioether (sulfide) groups is 1. The molecule has 0 unspecified atom stereocenters. The topological polar surface area (TPSA) is 87.8 Å². The van der Waals surface area contributed by atoms with Crippen LogP contribution in [0, 0.1) is 6.92 Å². The molecule has 0 atom stereocenters. The van der Waals surface area contributed by atoms with Crippen LogP contribution in [0.5, 0.6) is 17.2 Å². The van der Waals surface area contributed by atoms with Gasteiger partial charge in [-0.15, -0.1) is 10.2 Å². The Kier molecular flexibility index (Phi) is 5.80. The molecule has 1 heterocycles. The molecule has 128 valence electrons. The molecule has 1 aromatic heterocycles. The van der Waals surface area contributed by atoms with Crippen molar-refractivity contribution in [3.8, 4) is 17.2 Å². The Morgan fingerprint density at radius 1 is 1.12 bits per heavy atom. The molecule has 0 saturated heterocycles. The largest absolute Gasteiger partial charge is 0.493 e. The van der Waals surface area contributed by atoms with Crippen LogP contribution < -0.4 is 19.8 Å². The van der Waals surface area contributed by atoms with Crippen molar-refractivity contribution in [2.75, 3.05) is 27.6 Å². The van der Waals surface area contributed by atoms with Crippen molar-refractivity contribution < 1.29 is 14.2 Å². The minimum atomic E-state index is -0.321. The lowest BCUT2D eigenvalue weighted by Crippen LogP contribution is -2.23. The Balaban J connectivity index is 2.50. The number of nitrogens with zero attached hydrogens (tertiary/aromatic N) is 4. The van der Waals surface area contributed by atoms with Crippen molar-refractivity contribution in [1.29, 1.82) is 0 Å². The summed E-state index contributed by atoms with van der Waals surface area (Å²) in [7, 11) is 4.60. The maximum atomic E-state index is 12.2. The Morgan fingerprint density at radius 2 is 1.75 bits per heavy atom. The van der Waals surface area contributed by atoms with Crippen molar-refractivity contribution in [3.05, 3.63) is 33.7 Å². The van der Waals surface area contributed by atoms with Gasteiger partial charge in [0.05, 0.1) is 27.5 Å². The van der Waals surface area contributed by atoms with E-state index in [2.05, 4.69) is 15.3 Å². The van der Waals surface area contributed by atoms with E-state index in [1.54, 1.807) is 25.3 Å². The Morgan fingerprint density at radius 3 is 2.25 bits per heavy atom. The monoisotopic (exact) mass is 350 g/mol. The molecule has 0 aliphatic rings. The third-order valence-corrected chi connectivity index (χ3v) is 3.78. The average molecular weight is 350 g/mol. The highest BCUT2D eigenvalue weighted by Crippen LogP contribution is 2.37. The molecule has 0 N–H and O–H groups in total. The van der Waals surface area contributed by atoms with Gasteiger partial charge in [-0.1, -0.05) is 11.8 Å². The second kappa shape index (κ2) is 7.82. The third kappa shape index (κ3) is 3.51. The highest BCUT2D eigenvalue weighted by molar-refractivity contribution is 7.98. The second-order valence-electron chi connectivity index (χ2n) is 4.59. The molecule has 0 amide bonds. The van der Waals surface area contributed by atoms with Crippen molar-refractivity contribution in [1.82, 2.24) is 14.9 Å². The third-order valence-electron chi connectivity index (χ3n) is 3.16. The molecule has 0 spiro atoms. The highest BCUT2D eigenvalue weighted by Gasteiger charge is 2.13. The molecule has 2 aromatic rings. The first kappa shape index (κ1) is 17.8. The van der Waals surface area contributed by atoms with Crippen LogP contribution in [0.4, 0.5) is 0 Å². The number of hydrogen-bond donors (Lipinski definition) is 0. The van der Waals surface area contributed by atoms with E-state index in [9.17, 15) is 4.79 Å². The van der Waals surface area contributed by atoms with Crippen LogP contribution in [0.15, 0.2) is 27.2 Å². The van der Waals surface area contributed by atoms with E-state index in [1.165, 1.54) is 44.0 Å². The second-order valence-corrected chi connectivity index (χ2v) is 5.37. The summed E-state index contributed by atoms with van der Waals surface area (Å²) in [4.78, 5) is 12.2. The van der Waals surface area contributed by atoms with Crippen LogP contribution in [0.2, 0.25) is 0 Å². The van der Waals surface area contributed by atoms with Crippen LogP contribution >= 0.6 is 11.8 Å². The van der Waals surface area contributed by atoms with Crippen molar-refractivity contribution >= 4 is 18.0 Å². The van der Waals surface area contributed by atoms with Crippen LogP contribution in [0.3, 0.4) is 0 Å². The van der Waals surface area contributed by atoms with Crippen molar-refractivity contribution in [2.45, 2.75) is 12.1 Å². The quantitative estimate of drug-likeness (QED) is 0.577. The van der Waals surface area contributed by atoms with Gasteiger partial charge in [0, 0.05) is 5.56 Å². The summed E-state index contributed by atoms with van der Waals surface area (Å²) in [5, 5.41) is 12.4. The van der Waals surface area contributed by atoms with E-state index in [1.807, 2.05) is 0 Å². The first-order valence-electron chi connectivity index (χ1n) is 6.90. The predicted octanol–water partition coefficient (Wildman–Crippen LogP) is 1.58. The standard InChI is InChI=1S/C15H18N4O4S/c1-9-14(20)19(15(24-5)18-17-9)16-8-10-6-11(21-2)13(23-4)12(7-10)22-3/h6-8H,1-5H3/b16-8+. The summed E-state index contributed by atoms with van der Waals surface area (Å²) in [6.07, 6.45) is 3.32. The fraction of sp³-hybridized carbons (Fsp3) is 0.333. The van der Waals surface area contributed by atoms with Gasteiger partial charge in [0.25, 0.3) is 5.56 Å². The maximum Gasteiger partial charge on any atom is 0.296 e. The van der Waals surface area contributed by atoms with Crippen LogP contribution in [-0.4, -0.2) is 48.7 Å². The lowest BCUT2D eigenvalue weighted by molar-refractivity contribution is 0.324. The van der Waals surface area contributed by atoms with Gasteiger partial charge in [-0.3, -0.25) is 4.79 Å². The number of rotatable bonds is 6. The van der Waals surface area contributed by atoms with E-state index < -0.39 is 0 Å². The molecule has 1 aromatic carbocycles. The van der Waals surface area contributed by atoms with Gasteiger partial charge in [0.1, 0.15) is 5.69 Å². The number of aryl methyl sites for hydroxylation is 1. The molecule has 0 radical (unpaired) electrons. The number of methoxy groups -OCH3 is 3. The molecule has 2 rings (SSSR count). The number of hydrogen-bond acceptors (Lipinski definition) is 8. The number of benzene rings is 1. The van der Waals surface area contributed by atoms with Crippen LogP contribution in [0.25, 0.3) is 0 Å². The Hall–Kier alpha value is -2.55. The molecule has 0 saturated carbocycles. The zero-order chi connectivity index (χ0) is 17.7. The van der Waals surface area contributed by atoms with Gasteiger partial charge in [-0.2, -0.15) is 9.78 Å². The van der Waals surface area contributed by atoms with E-state index in [0.29, 0.717) is 28.0 Å². The van der Waals surface area contributed by atoms with Gasteiger partial charge < -0.3 is 14.2 Å². The van der Waals surface area contributed by atoms with E-state index >= 15 is 0 Å². The summed E-state index contributed by atoms with van der Waals surface area (Å²) in [5.74, 6) is 1.49. The van der Waals surface area contributed by atoms with Crippen LogP contribution in [-0.2, 0) is 0 Å². The normalized spacial score (nSPS) is 10.9. The molecule has 0 fully saturated rings. The van der Waals surface area contributed by atoms with Gasteiger partial charge in [-0.25, -0.2) is 0 Å². The molecular weight excluding hydrogens is 332 g/mol. The lowest BCUT2D eigenvalue weighted by atomic mass is 10.2. The molecular formula is C15H18N4O4S. The molecule has 9 heteroatoms. The minimum Gasteiger partial charge on any atom is -0.493 e. The first-order valence-corrected chi connectivity index (χ1v) is 8.12. The molecule has 0 bridgehead atoms. The summed E-state index contributed by atoms with van der Waals surface area (Å²) in [6.45, 7) is 1.59. The Labute approximate surface area is 143 Å². The molecule has 0 aliphatic heterocycles. The number of ether oxygens (including phenoxy) is 3. The highest BCUT2D eigenvalue weighted by atomic mass is 32.2. The van der Waals surface area contributed by atoms with Gasteiger partial charge in [0.2, 0.25) is 10.9 Å². The fourth-order valence-electron chi connectivity index (χ4n) is 1.97. The smallest absolute Gasteiger partial charge is 0.296 e. The van der Waals surface area contributed by atoms with Gasteiger partial charge >= 0.3 is 0 Å². The van der Waals surface area contributed by atoms with E-state index in [4.69, 9.17) is 14.2 Å². The van der Waals surface area contributed by atoms with Gasteiger partial charge in [-0.05, 0) is 25.3 Å². The zero-order valence-electron chi connectivity index (χ0n) is 14.1. The summed E-state index contributed by atoms with van der Waals surface area (Å²) < 4.78 is 17.1. The predicted molar refractivity (Wildman–Crippen MR) is 91.9 cm³/mol. The number of aromatic nitrogens is 3. The molecule has 0 aliphatic carbocycles. The maximum absolute atomic E-state index is 12.2. The van der Waals surface area contributed by atoms with Gasteiger partial charge in [0.15, 0.2) is 11.5 Å². The zero-order valence-corrected chi connectivity index (χ0v) is 14.9. The van der Waals surface area contributed by atoms with Crippen LogP contribution in [0.1, 0.15) is 11.3 Å². The van der Waals surface area contributed by atoms with E-state index in [0.717, 1.165) is 0 Å². The fourth-order valence-corrected chi connectivity index (χ4v) is 2.40. The molecule has 24 heavy (non-hydrogen) atoms. The van der Waals surface area contributed by atoms with E-state index in [-0.39, 0.29) is 11.3 Å². The Bertz CT molecular complexity index is 795. The summed E-state index contributed by atoms with van der Waals surface area (Å²) in [5.41, 5.74) is 0.630. The minimum absolute atomic E-state index is 0.273. The van der Waals surface area contributed by atoms with Crippen molar-refractivity contribution in [3.63, 3.8) is 0 Å². The average Bonchev–Trinajstić information content (AvgIpc) is 2.61. The first-order chi connectivity index (χ1) is 11.5. The van der Waals surface area contributed by atoms with Crippen molar-refractivity contribution in [2.24, 2.45) is 5.10 Å². The lowest BCUT2D eigenvalue weighted by Gasteiger charge is -2.12.